The topological polar surface area (TPSA) is 274 Å². The number of aliphatic imine (C=N–C) groups is 2. The summed E-state index contributed by atoms with van der Waals surface area (Å²) in [6.07, 6.45) is 7.12. The van der Waals surface area contributed by atoms with Crippen molar-refractivity contribution in [2.24, 2.45) is 9.98 Å². The number of benzene rings is 4. The second-order valence-electron chi connectivity index (χ2n) is 14.8. The van der Waals surface area contributed by atoms with Gasteiger partial charge in [-0.1, -0.05) is 54.6 Å². The zero-order valence-electron chi connectivity index (χ0n) is 32.6. The molecule has 9 rings (SSSR count). The summed E-state index contributed by atoms with van der Waals surface area (Å²) in [5.74, 6) is -0.620. The molecule has 2 aromatic heterocycles. The normalized spacial score (nSPS) is 20.6. The van der Waals surface area contributed by atoms with Gasteiger partial charge in [-0.25, -0.2) is 4.99 Å². The second-order valence-corrected chi connectivity index (χ2v) is 20.5. The van der Waals surface area contributed by atoms with E-state index < -0.39 is 52.4 Å². The maximum atomic E-state index is 12.0. The third kappa shape index (κ3) is 8.19. The van der Waals surface area contributed by atoms with Crippen molar-refractivity contribution in [3.8, 4) is 0 Å². The smallest absolute Gasteiger partial charge is 0.294 e. The van der Waals surface area contributed by atoms with Crippen molar-refractivity contribution in [3.63, 3.8) is 0 Å². The zero-order valence-corrected chi connectivity index (χ0v) is 35.9. The molecule has 0 saturated carbocycles. The van der Waals surface area contributed by atoms with Gasteiger partial charge in [0.05, 0.1) is 48.7 Å². The van der Waals surface area contributed by atoms with Gasteiger partial charge in [-0.05, 0) is 113 Å². The van der Waals surface area contributed by atoms with Gasteiger partial charge in [0.1, 0.15) is 0 Å². The number of hydrogen-bond acceptors (Lipinski definition) is 10. The van der Waals surface area contributed by atoms with Crippen LogP contribution in [0.1, 0.15) is 39.6 Å². The highest BCUT2D eigenvalue weighted by molar-refractivity contribution is 7.86. The second kappa shape index (κ2) is 15.6. The largest absolute Gasteiger partial charge is 0.358 e. The average Bonchev–Trinajstić information content (AvgIpc) is 4.08. The lowest BCUT2D eigenvalue weighted by Gasteiger charge is -2.21. The molecule has 5 heterocycles. The van der Waals surface area contributed by atoms with Crippen LogP contribution in [0.2, 0.25) is 0 Å². The van der Waals surface area contributed by atoms with E-state index in [1.807, 2.05) is 12.1 Å². The Morgan fingerprint density at radius 3 is 1.34 bits per heavy atom. The van der Waals surface area contributed by atoms with Crippen molar-refractivity contribution < 1.29 is 51.9 Å². The number of aromatic amines is 2. The molecule has 16 nitrogen and oxygen atoms in total. The molecule has 3 aliphatic heterocycles. The molecule has 324 valence electrons. The van der Waals surface area contributed by atoms with E-state index in [0.29, 0.717) is 78.2 Å². The van der Waals surface area contributed by atoms with E-state index in [4.69, 9.17) is 9.98 Å². The highest BCUT2D eigenvalue weighted by atomic mass is 32.2. The number of rotatable bonds is 8. The number of allylic oxidation sites excluding steroid dienone is 3. The van der Waals surface area contributed by atoms with Crippen molar-refractivity contribution in [2.75, 3.05) is 0 Å². The number of fused-ring (bicyclic) bond motifs is 6. The summed E-state index contributed by atoms with van der Waals surface area (Å²) in [6.45, 7) is 0. The number of nitrogens with zero attached hydrogens (tertiary/aromatic N) is 2. The fourth-order valence-corrected chi connectivity index (χ4v) is 9.87. The monoisotopic (exact) mass is 936 g/mol. The molecule has 0 aliphatic carbocycles. The highest BCUT2D eigenvalue weighted by Gasteiger charge is 2.30. The van der Waals surface area contributed by atoms with E-state index in [1.54, 1.807) is 48.6 Å². The van der Waals surface area contributed by atoms with Gasteiger partial charge in [-0.2, -0.15) is 33.7 Å². The Morgan fingerprint density at radius 2 is 0.875 bits per heavy atom. The molecule has 0 radical (unpaired) electrons. The lowest BCUT2D eigenvalue weighted by Crippen LogP contribution is -2.21. The quantitative estimate of drug-likeness (QED) is 0.113. The summed E-state index contributed by atoms with van der Waals surface area (Å²) >= 11 is 0. The Bertz CT molecular complexity index is 3680. The average molecular weight is 937 g/mol. The maximum Gasteiger partial charge on any atom is 0.294 e. The minimum Gasteiger partial charge on any atom is -0.358 e. The van der Waals surface area contributed by atoms with Crippen LogP contribution in [0.4, 0.5) is 0 Å². The fraction of sp³-hybridized carbons (Fsp3) is 0.0455. The molecule has 6 aromatic rings. The van der Waals surface area contributed by atoms with Gasteiger partial charge in [0, 0.05) is 38.8 Å². The predicted molar refractivity (Wildman–Crippen MR) is 236 cm³/mol. The van der Waals surface area contributed by atoms with Crippen LogP contribution in [0.5, 0.6) is 0 Å². The molecule has 20 heteroatoms. The van der Waals surface area contributed by atoms with Gasteiger partial charge in [0.2, 0.25) is 0 Å². The van der Waals surface area contributed by atoms with Gasteiger partial charge in [-0.3, -0.25) is 23.2 Å². The van der Waals surface area contributed by atoms with Crippen LogP contribution >= 0.6 is 0 Å². The summed E-state index contributed by atoms with van der Waals surface area (Å²) in [7, 11) is -18.2. The van der Waals surface area contributed by atoms with Gasteiger partial charge in [0.15, 0.2) is 0 Å². The molecule has 0 amide bonds. The van der Waals surface area contributed by atoms with E-state index >= 15 is 0 Å². The van der Waals surface area contributed by atoms with E-state index in [9.17, 15) is 51.9 Å². The van der Waals surface area contributed by atoms with E-state index in [-0.39, 0.29) is 19.6 Å². The van der Waals surface area contributed by atoms with Crippen LogP contribution in [0, 0.1) is 0 Å². The van der Waals surface area contributed by atoms with Crippen molar-refractivity contribution in [1.82, 2.24) is 9.97 Å². The zero-order chi connectivity index (χ0) is 45.3. The molecule has 64 heavy (non-hydrogen) atoms. The van der Waals surface area contributed by atoms with Crippen LogP contribution < -0.4 is 10.7 Å². The lowest BCUT2D eigenvalue weighted by molar-refractivity contribution is 0.481. The van der Waals surface area contributed by atoms with Crippen LogP contribution in [0.25, 0.3) is 16.7 Å². The Morgan fingerprint density at radius 1 is 0.438 bits per heavy atom. The summed E-state index contributed by atoms with van der Waals surface area (Å²) in [4.78, 5) is 15.9. The van der Waals surface area contributed by atoms with Crippen LogP contribution in [0.15, 0.2) is 181 Å². The molecule has 8 bridgehead atoms. The van der Waals surface area contributed by atoms with Gasteiger partial charge >= 0.3 is 0 Å². The van der Waals surface area contributed by atoms with Crippen molar-refractivity contribution >= 4 is 68.6 Å². The predicted octanol–water partition coefficient (Wildman–Crippen LogP) is 4.72. The first-order valence-corrected chi connectivity index (χ1v) is 24.7. The Balaban J connectivity index is 1.36. The Hall–Kier alpha value is -6.62. The molecule has 4 aromatic carbocycles. The molecule has 0 saturated heterocycles. The van der Waals surface area contributed by atoms with Crippen molar-refractivity contribution in [3.05, 3.63) is 196 Å². The molecule has 2 unspecified atom stereocenters. The molecular formula is C44H32N4O12S4. The first-order valence-electron chi connectivity index (χ1n) is 18.9. The first-order chi connectivity index (χ1) is 30.2. The summed E-state index contributed by atoms with van der Waals surface area (Å²) < 4.78 is 135. The summed E-state index contributed by atoms with van der Waals surface area (Å²) in [5.41, 5.74) is 6.03. The number of nitrogens with one attached hydrogen (secondary N) is 2. The molecule has 0 spiro atoms. The van der Waals surface area contributed by atoms with Gasteiger partial charge in [0.25, 0.3) is 40.5 Å². The molecular weight excluding hydrogens is 905 g/mol. The maximum absolute atomic E-state index is 12.0. The molecule has 0 fully saturated rings. The number of aromatic nitrogens is 2. The third-order valence-electron chi connectivity index (χ3n) is 10.9. The standard InChI is InChI=1S/C44H32N4O12S4/c49-61(50,51)29-9-1-25(2-10-29)41-33-17-19-35(45-33)42(26-3-11-30(12-4-26)62(52,53)54)37-21-23-39(47-37)44(28-7-15-32(16-8-28)64(58,59)60)40-24-22-38(48-40)43(36-20-18-34(41)46-36)27-5-13-31(14-6-27)63(55,56)57/h1-24,33,41,46-47H,(H,49,50,51)(H,52,53,54)(H,55,56,57)(H,58,59,60)/b42-37-,43-38-,44-39-. The van der Waals surface area contributed by atoms with Gasteiger partial charge in [-0.15, -0.1) is 0 Å². The van der Waals surface area contributed by atoms with E-state index in [1.165, 1.54) is 84.9 Å². The lowest BCUT2D eigenvalue weighted by atomic mass is 9.89. The minimum atomic E-state index is -4.54. The minimum absolute atomic E-state index is 0.318. The SMILES string of the molecule is O=S(=O)(O)c1ccc(/C2=C3\C=CC(=N3)/C(c3ccc(S(=O)(=O)O)cc3)=c3/cc/c([nH]3)=C(\c3ccc(S(=O)(=O)O)cc3)C3=NC(C=C3)C(c3ccc(S(=O)(=O)O)cc3)c3ccc2[nH]3)cc1. The summed E-state index contributed by atoms with van der Waals surface area (Å²) in [6, 6.07) is 28.8. The fourth-order valence-electron chi connectivity index (χ4n) is 7.95. The van der Waals surface area contributed by atoms with Gasteiger partial charge < -0.3 is 9.97 Å². The van der Waals surface area contributed by atoms with Crippen LogP contribution in [-0.2, 0) is 40.5 Å². The van der Waals surface area contributed by atoms with Crippen molar-refractivity contribution in [1.29, 1.82) is 0 Å². The van der Waals surface area contributed by atoms with Crippen LogP contribution in [-0.4, -0.2) is 79.3 Å². The van der Waals surface area contributed by atoms with E-state index in [2.05, 4.69) is 9.97 Å². The third-order valence-corrected chi connectivity index (χ3v) is 14.4. The molecule has 6 N–H and O–H groups in total. The number of H-pyrrole nitrogens is 2. The Labute approximate surface area is 365 Å². The number of hydrogen-bond donors (Lipinski definition) is 6. The first kappa shape index (κ1) is 42.7. The highest BCUT2D eigenvalue weighted by Crippen LogP contribution is 2.38. The van der Waals surface area contributed by atoms with Crippen molar-refractivity contribution in [2.45, 2.75) is 31.5 Å². The Kier molecular flexibility index (Phi) is 10.4. The molecule has 2 atom stereocenters. The van der Waals surface area contributed by atoms with E-state index in [0.717, 1.165) is 0 Å². The molecule has 3 aliphatic rings. The summed E-state index contributed by atoms with van der Waals surface area (Å²) in [5, 5.41) is 1.00. The van der Waals surface area contributed by atoms with Crippen LogP contribution in [0.3, 0.4) is 0 Å².